The van der Waals surface area contributed by atoms with Crippen LogP contribution in [0, 0.1) is 45.4 Å². The molecule has 0 atom stereocenters. The molecular formula is C30H25N5O7. The Morgan fingerprint density at radius 3 is 2.24 bits per heavy atom. The Kier molecular flexibility index (Phi) is 8.63. The van der Waals surface area contributed by atoms with Crippen LogP contribution in [0.1, 0.15) is 22.5 Å². The highest BCUT2D eigenvalue weighted by Crippen LogP contribution is 2.35. The van der Waals surface area contributed by atoms with E-state index < -0.39 is 27.1 Å². The van der Waals surface area contributed by atoms with Crippen LogP contribution >= 0.6 is 0 Å². The number of non-ortho nitro benzene ring substituents is 1. The number of nitriles is 1. The molecule has 0 unspecified atom stereocenters. The molecule has 0 aliphatic carbocycles. The molecule has 0 radical (unpaired) electrons. The van der Waals surface area contributed by atoms with Gasteiger partial charge in [-0.2, -0.15) is 5.26 Å². The Labute approximate surface area is 240 Å². The maximum Gasteiger partial charge on any atom is 0.318 e. The highest BCUT2D eigenvalue weighted by Gasteiger charge is 2.21. The van der Waals surface area contributed by atoms with Gasteiger partial charge < -0.3 is 19.4 Å². The second kappa shape index (κ2) is 12.5. The Morgan fingerprint density at radius 2 is 1.64 bits per heavy atom. The van der Waals surface area contributed by atoms with Crippen LogP contribution in [0.2, 0.25) is 0 Å². The Hall–Kier alpha value is -5.96. The minimum Gasteiger partial charge on any atom is -0.497 e. The number of rotatable bonds is 10. The summed E-state index contributed by atoms with van der Waals surface area (Å²) in [6.45, 7) is 3.98. The van der Waals surface area contributed by atoms with E-state index in [4.69, 9.17) is 9.47 Å². The van der Waals surface area contributed by atoms with Crippen LogP contribution < -0.4 is 14.8 Å². The zero-order chi connectivity index (χ0) is 30.4. The molecule has 1 amide bonds. The van der Waals surface area contributed by atoms with Crippen molar-refractivity contribution in [3.63, 3.8) is 0 Å². The van der Waals surface area contributed by atoms with E-state index in [1.165, 1.54) is 12.1 Å². The van der Waals surface area contributed by atoms with Gasteiger partial charge in [0.15, 0.2) is 0 Å². The van der Waals surface area contributed by atoms with Crippen LogP contribution in [-0.2, 0) is 11.3 Å². The van der Waals surface area contributed by atoms with Crippen LogP contribution in [0.5, 0.6) is 17.2 Å². The third-order valence-electron chi connectivity index (χ3n) is 6.42. The summed E-state index contributed by atoms with van der Waals surface area (Å²) in [4.78, 5) is 33.7. The maximum atomic E-state index is 12.7. The molecule has 1 aromatic heterocycles. The largest absolute Gasteiger partial charge is 0.497 e. The first-order valence-corrected chi connectivity index (χ1v) is 12.5. The zero-order valence-electron chi connectivity index (χ0n) is 22.9. The van der Waals surface area contributed by atoms with Crippen molar-refractivity contribution in [1.29, 1.82) is 5.26 Å². The quantitative estimate of drug-likeness (QED) is 0.107. The first-order chi connectivity index (χ1) is 20.1. The molecule has 12 nitrogen and oxygen atoms in total. The first-order valence-electron chi connectivity index (χ1n) is 12.5. The van der Waals surface area contributed by atoms with Crippen LogP contribution in [0.4, 0.5) is 11.4 Å². The number of aromatic nitrogens is 1. The third kappa shape index (κ3) is 6.43. The van der Waals surface area contributed by atoms with Crippen LogP contribution in [0.15, 0.2) is 78.4 Å². The number of carbonyl (C=O) groups excluding carboxylic acids is 1. The molecule has 42 heavy (non-hydrogen) atoms. The predicted molar refractivity (Wildman–Crippen MR) is 153 cm³/mol. The second-order valence-electron chi connectivity index (χ2n) is 9.12. The van der Waals surface area contributed by atoms with Gasteiger partial charge in [0.25, 0.3) is 11.6 Å². The van der Waals surface area contributed by atoms with Crippen molar-refractivity contribution in [2.45, 2.75) is 20.4 Å². The number of nitrogens with zero attached hydrogens (tertiary/aromatic N) is 4. The van der Waals surface area contributed by atoms with Crippen LogP contribution in [0.25, 0.3) is 11.8 Å². The molecule has 4 rings (SSSR count). The summed E-state index contributed by atoms with van der Waals surface area (Å²) in [7, 11) is 1.57. The van der Waals surface area contributed by atoms with Crippen molar-refractivity contribution in [2.75, 3.05) is 7.11 Å². The third-order valence-corrected chi connectivity index (χ3v) is 6.42. The number of amides is 1. The van der Waals surface area contributed by atoms with E-state index >= 15 is 0 Å². The first kappa shape index (κ1) is 29.0. The summed E-state index contributed by atoms with van der Waals surface area (Å²) >= 11 is 0. The molecule has 3 aromatic carbocycles. The van der Waals surface area contributed by atoms with E-state index in [2.05, 4.69) is 5.32 Å². The number of methoxy groups -OCH3 is 1. The normalized spacial score (nSPS) is 11.0. The summed E-state index contributed by atoms with van der Waals surface area (Å²) in [5.41, 5.74) is 2.93. The number of carbonyl (C=O) groups is 1. The van der Waals surface area contributed by atoms with Crippen molar-refractivity contribution in [1.82, 2.24) is 9.88 Å². The van der Waals surface area contributed by atoms with Gasteiger partial charge >= 0.3 is 5.69 Å². The molecule has 0 aliphatic rings. The van der Waals surface area contributed by atoms with E-state index in [0.717, 1.165) is 34.8 Å². The smallest absolute Gasteiger partial charge is 0.318 e. The molecule has 1 N–H and O–H groups in total. The standard InChI is InChI=1S/C30H25N5O7/c1-19-14-22(15-23(17-31)30(36)32-18-21-4-9-26(41-3)10-5-21)20(2)33(19)24-6-11-27(12-7-24)42-29-13-8-25(34(37)38)16-28(29)35(39)40/h4-16H,18H2,1-3H3,(H,32,36)/b23-15-. The van der Waals surface area contributed by atoms with Crippen molar-refractivity contribution >= 4 is 23.4 Å². The minimum atomic E-state index is -0.743. The topological polar surface area (TPSA) is 163 Å². The van der Waals surface area contributed by atoms with Gasteiger partial charge in [-0.05, 0) is 79.6 Å². The summed E-state index contributed by atoms with van der Waals surface area (Å²) < 4.78 is 12.7. The van der Waals surface area contributed by atoms with Crippen molar-refractivity contribution < 1.29 is 24.1 Å². The molecule has 0 bridgehead atoms. The molecule has 4 aromatic rings. The molecule has 12 heteroatoms. The number of ether oxygens (including phenoxy) is 2. The zero-order valence-corrected chi connectivity index (χ0v) is 22.9. The van der Waals surface area contributed by atoms with Crippen molar-refractivity contribution in [2.24, 2.45) is 0 Å². The van der Waals surface area contributed by atoms with Gasteiger partial charge in [-0.25, -0.2) is 0 Å². The number of nitro groups is 2. The van der Waals surface area contributed by atoms with E-state index in [1.807, 2.05) is 42.7 Å². The lowest BCUT2D eigenvalue weighted by Crippen LogP contribution is -2.23. The number of aryl methyl sites for hydroxylation is 1. The van der Waals surface area contributed by atoms with Gasteiger partial charge in [-0.3, -0.25) is 25.0 Å². The number of hydrogen-bond donors (Lipinski definition) is 1. The Balaban J connectivity index is 1.52. The van der Waals surface area contributed by atoms with Crippen molar-refractivity contribution in [3.05, 3.63) is 121 Å². The van der Waals surface area contributed by atoms with Gasteiger partial charge in [-0.1, -0.05) is 12.1 Å². The van der Waals surface area contributed by atoms with Gasteiger partial charge in [-0.15, -0.1) is 0 Å². The molecule has 1 heterocycles. The SMILES string of the molecule is COc1ccc(CNC(=O)/C(C#N)=C\c2cc(C)n(-c3ccc(Oc4ccc([N+](=O)[O-])cc4[N+](=O)[O-])cc3)c2C)cc1. The number of hydrogen-bond acceptors (Lipinski definition) is 8. The van der Waals surface area contributed by atoms with Crippen LogP contribution in [0.3, 0.4) is 0 Å². The maximum absolute atomic E-state index is 12.7. The lowest BCUT2D eigenvalue weighted by atomic mass is 10.1. The van der Waals surface area contributed by atoms with Gasteiger partial charge in [0, 0.05) is 29.7 Å². The Morgan fingerprint density at radius 1 is 0.976 bits per heavy atom. The fraction of sp³-hybridized carbons (Fsp3) is 0.133. The summed E-state index contributed by atoms with van der Waals surface area (Å²) in [6, 6.07) is 20.9. The highest BCUT2D eigenvalue weighted by atomic mass is 16.6. The average molecular weight is 568 g/mol. The Bertz CT molecular complexity index is 1730. The lowest BCUT2D eigenvalue weighted by Gasteiger charge is -2.11. The van der Waals surface area contributed by atoms with E-state index in [9.17, 15) is 30.3 Å². The minimum absolute atomic E-state index is 0.0443. The molecule has 212 valence electrons. The number of nitrogens with one attached hydrogen (secondary N) is 1. The molecule has 0 saturated heterocycles. The van der Waals surface area contributed by atoms with E-state index in [1.54, 1.807) is 43.5 Å². The number of nitro benzene ring substituents is 2. The molecule has 0 spiro atoms. The van der Waals surface area contributed by atoms with Crippen molar-refractivity contribution in [3.8, 4) is 29.0 Å². The van der Waals surface area contributed by atoms with E-state index in [-0.39, 0.29) is 17.9 Å². The number of benzene rings is 3. The molecule has 0 fully saturated rings. The fourth-order valence-corrected chi connectivity index (χ4v) is 4.29. The molecular weight excluding hydrogens is 542 g/mol. The lowest BCUT2D eigenvalue weighted by molar-refractivity contribution is -0.394. The van der Waals surface area contributed by atoms with Gasteiger partial charge in [0.05, 0.1) is 23.0 Å². The van der Waals surface area contributed by atoms with Gasteiger partial charge in [0.2, 0.25) is 5.75 Å². The molecule has 0 saturated carbocycles. The second-order valence-corrected chi connectivity index (χ2v) is 9.12. The van der Waals surface area contributed by atoms with E-state index in [0.29, 0.717) is 17.1 Å². The fourth-order valence-electron chi connectivity index (χ4n) is 4.29. The molecule has 0 aliphatic heterocycles. The monoisotopic (exact) mass is 567 g/mol. The summed E-state index contributed by atoms with van der Waals surface area (Å²) in [5, 5.41) is 34.8. The summed E-state index contributed by atoms with van der Waals surface area (Å²) in [6.07, 6.45) is 1.54. The van der Waals surface area contributed by atoms with Gasteiger partial charge in [0.1, 0.15) is 23.1 Å². The summed E-state index contributed by atoms with van der Waals surface area (Å²) in [5.74, 6) is 0.362. The van der Waals surface area contributed by atoms with Crippen LogP contribution in [-0.4, -0.2) is 27.4 Å². The highest BCUT2D eigenvalue weighted by molar-refractivity contribution is 6.01. The predicted octanol–water partition coefficient (Wildman–Crippen LogP) is 5.93. The average Bonchev–Trinajstić information content (AvgIpc) is 3.27.